The zero-order valence-corrected chi connectivity index (χ0v) is 15.2. The van der Waals surface area contributed by atoms with E-state index >= 15 is 0 Å². The van der Waals surface area contributed by atoms with Crippen molar-refractivity contribution in [2.24, 2.45) is 0 Å². The van der Waals surface area contributed by atoms with Gasteiger partial charge in [0.05, 0.1) is 22.6 Å². The van der Waals surface area contributed by atoms with E-state index in [1.807, 2.05) is 47.4 Å². The van der Waals surface area contributed by atoms with E-state index in [1.54, 1.807) is 12.4 Å². The molecule has 1 aromatic carbocycles. The molecule has 136 valence electrons. The van der Waals surface area contributed by atoms with Crippen LogP contribution in [-0.2, 0) is 6.42 Å². The van der Waals surface area contributed by atoms with Crippen molar-refractivity contribution in [2.75, 3.05) is 37.6 Å². The number of anilines is 1. The van der Waals surface area contributed by atoms with Gasteiger partial charge in [0, 0.05) is 70.1 Å². The smallest absolute Gasteiger partial charge is 0.104 e. The molecule has 0 unspecified atom stereocenters. The third-order valence-corrected chi connectivity index (χ3v) is 5.03. The topological polar surface area (TPSA) is 61.0 Å². The highest BCUT2D eigenvalue weighted by Crippen LogP contribution is 2.27. The van der Waals surface area contributed by atoms with Gasteiger partial charge in [-0.2, -0.15) is 5.26 Å². The number of hydrogen-bond acceptors (Lipinski definition) is 5. The maximum atomic E-state index is 9.78. The molecule has 1 fully saturated rings. The Bertz CT molecular complexity index is 906. The number of rotatable bonds is 5. The molecular formula is C21H22N6. The predicted molar refractivity (Wildman–Crippen MR) is 105 cm³/mol. The van der Waals surface area contributed by atoms with E-state index in [2.05, 4.69) is 31.9 Å². The van der Waals surface area contributed by atoms with E-state index in [0.717, 1.165) is 61.8 Å². The molecule has 0 radical (unpaired) electrons. The largest absolute Gasteiger partial charge is 0.368 e. The molecule has 27 heavy (non-hydrogen) atoms. The van der Waals surface area contributed by atoms with Crippen LogP contribution in [-0.4, -0.2) is 52.2 Å². The minimum Gasteiger partial charge on any atom is -0.368 e. The van der Waals surface area contributed by atoms with Crippen LogP contribution in [0.2, 0.25) is 0 Å². The first-order valence-electron chi connectivity index (χ1n) is 9.24. The third kappa shape index (κ3) is 3.83. The molecule has 0 N–H and O–H groups in total. The highest BCUT2D eigenvalue weighted by molar-refractivity contribution is 5.67. The first-order valence-corrected chi connectivity index (χ1v) is 9.24. The summed E-state index contributed by atoms with van der Waals surface area (Å²) in [5, 5.41) is 9.78. The lowest BCUT2D eigenvalue weighted by Crippen LogP contribution is -2.47. The van der Waals surface area contributed by atoms with Gasteiger partial charge in [-0.1, -0.05) is 6.07 Å². The fourth-order valence-electron chi connectivity index (χ4n) is 3.56. The number of benzene rings is 1. The van der Waals surface area contributed by atoms with Gasteiger partial charge < -0.3 is 9.47 Å². The lowest BCUT2D eigenvalue weighted by molar-refractivity contribution is 0.260. The van der Waals surface area contributed by atoms with Gasteiger partial charge in [-0.05, 0) is 24.3 Å². The summed E-state index contributed by atoms with van der Waals surface area (Å²) in [6.07, 6.45) is 10.2. The zero-order chi connectivity index (χ0) is 18.5. The maximum Gasteiger partial charge on any atom is 0.104 e. The fourth-order valence-corrected chi connectivity index (χ4v) is 3.56. The molecule has 1 saturated heterocycles. The second-order valence-electron chi connectivity index (χ2n) is 6.65. The molecule has 1 aliphatic rings. The molecule has 0 spiro atoms. The Labute approximate surface area is 159 Å². The minimum absolute atomic E-state index is 0.738. The Balaban J connectivity index is 1.43. The number of aromatic nitrogens is 3. The standard InChI is InChI=1S/C21H22N6/c22-16-19-20(26-9-1-2-10-26)4-3-5-21(19)27-14-12-25(13-15-27)11-6-18-17-23-7-8-24-18/h1-5,7-10,17H,6,11-15H2. The van der Waals surface area contributed by atoms with Gasteiger partial charge in [-0.25, -0.2) is 0 Å². The second-order valence-corrected chi connectivity index (χ2v) is 6.65. The Morgan fingerprint density at radius 1 is 0.963 bits per heavy atom. The quantitative estimate of drug-likeness (QED) is 0.701. The summed E-state index contributed by atoms with van der Waals surface area (Å²) in [6, 6.07) is 12.5. The molecular weight excluding hydrogens is 336 g/mol. The van der Waals surface area contributed by atoms with Crippen molar-refractivity contribution in [3.05, 3.63) is 72.6 Å². The summed E-state index contributed by atoms with van der Waals surface area (Å²) in [4.78, 5) is 13.2. The van der Waals surface area contributed by atoms with E-state index in [4.69, 9.17) is 0 Å². The number of hydrogen-bond donors (Lipinski definition) is 0. The van der Waals surface area contributed by atoms with Crippen LogP contribution in [0.25, 0.3) is 5.69 Å². The minimum atomic E-state index is 0.738. The van der Waals surface area contributed by atoms with Gasteiger partial charge >= 0.3 is 0 Å². The van der Waals surface area contributed by atoms with E-state index in [-0.39, 0.29) is 0 Å². The lowest BCUT2D eigenvalue weighted by Gasteiger charge is -2.36. The molecule has 0 amide bonds. The average Bonchev–Trinajstić information content (AvgIpc) is 3.27. The molecule has 3 aromatic rings. The number of nitrogens with zero attached hydrogens (tertiary/aromatic N) is 6. The van der Waals surface area contributed by atoms with Crippen LogP contribution in [0, 0.1) is 11.3 Å². The van der Waals surface area contributed by atoms with Crippen molar-refractivity contribution in [1.29, 1.82) is 5.26 Å². The van der Waals surface area contributed by atoms with Gasteiger partial charge in [-0.3, -0.25) is 14.9 Å². The summed E-state index contributed by atoms with van der Waals surface area (Å²) in [6.45, 7) is 4.80. The van der Waals surface area contributed by atoms with Crippen molar-refractivity contribution in [1.82, 2.24) is 19.4 Å². The van der Waals surface area contributed by atoms with Gasteiger partial charge in [0.1, 0.15) is 6.07 Å². The van der Waals surface area contributed by atoms with Gasteiger partial charge in [0.25, 0.3) is 0 Å². The van der Waals surface area contributed by atoms with E-state index in [1.165, 1.54) is 0 Å². The van der Waals surface area contributed by atoms with E-state index in [9.17, 15) is 5.26 Å². The van der Waals surface area contributed by atoms with Crippen LogP contribution in [0.5, 0.6) is 0 Å². The van der Waals surface area contributed by atoms with E-state index in [0.29, 0.717) is 0 Å². The molecule has 0 bridgehead atoms. The van der Waals surface area contributed by atoms with Crippen molar-refractivity contribution in [2.45, 2.75) is 6.42 Å². The van der Waals surface area contributed by atoms with Crippen LogP contribution >= 0.6 is 0 Å². The highest BCUT2D eigenvalue weighted by Gasteiger charge is 2.20. The van der Waals surface area contributed by atoms with Gasteiger partial charge in [-0.15, -0.1) is 0 Å². The first-order chi connectivity index (χ1) is 13.3. The summed E-state index contributed by atoms with van der Waals surface area (Å²) < 4.78 is 2.00. The van der Waals surface area contributed by atoms with Crippen LogP contribution in [0.15, 0.2) is 61.3 Å². The molecule has 6 nitrogen and oxygen atoms in total. The van der Waals surface area contributed by atoms with Gasteiger partial charge in [0.2, 0.25) is 0 Å². The number of piperazine rings is 1. The second kappa shape index (κ2) is 8.02. The Kier molecular flexibility index (Phi) is 5.13. The molecule has 4 rings (SSSR count). The van der Waals surface area contributed by atoms with Gasteiger partial charge in [0.15, 0.2) is 0 Å². The van der Waals surface area contributed by atoms with Crippen molar-refractivity contribution >= 4 is 5.69 Å². The normalized spacial score (nSPS) is 14.9. The van der Waals surface area contributed by atoms with Crippen LogP contribution in [0.3, 0.4) is 0 Å². The summed E-state index contributed by atoms with van der Waals surface area (Å²) in [7, 11) is 0. The SMILES string of the molecule is N#Cc1c(N2CCN(CCc3cnccn3)CC2)cccc1-n1cccc1. The Morgan fingerprint density at radius 3 is 2.44 bits per heavy atom. The molecule has 0 aliphatic carbocycles. The molecule has 0 atom stereocenters. The molecule has 0 saturated carbocycles. The zero-order valence-electron chi connectivity index (χ0n) is 15.2. The van der Waals surface area contributed by atoms with E-state index < -0.39 is 0 Å². The van der Waals surface area contributed by atoms with Crippen LogP contribution in [0.1, 0.15) is 11.3 Å². The summed E-state index contributed by atoms with van der Waals surface area (Å²) in [5.74, 6) is 0. The molecule has 1 aliphatic heterocycles. The van der Waals surface area contributed by atoms with Crippen LogP contribution < -0.4 is 4.90 Å². The van der Waals surface area contributed by atoms with Crippen molar-refractivity contribution in [3.63, 3.8) is 0 Å². The molecule has 6 heteroatoms. The summed E-state index contributed by atoms with van der Waals surface area (Å²) >= 11 is 0. The third-order valence-electron chi connectivity index (χ3n) is 5.03. The molecule has 3 heterocycles. The lowest BCUT2D eigenvalue weighted by atomic mass is 10.1. The number of nitriles is 1. The van der Waals surface area contributed by atoms with Crippen molar-refractivity contribution < 1.29 is 0 Å². The van der Waals surface area contributed by atoms with Crippen LogP contribution in [0.4, 0.5) is 5.69 Å². The maximum absolute atomic E-state index is 9.78. The molecule has 2 aromatic heterocycles. The Hall–Kier alpha value is -3.17. The highest BCUT2D eigenvalue weighted by atomic mass is 15.3. The Morgan fingerprint density at radius 2 is 1.74 bits per heavy atom. The van der Waals surface area contributed by atoms with Crippen molar-refractivity contribution in [3.8, 4) is 11.8 Å². The predicted octanol–water partition coefficient (Wildman–Crippen LogP) is 2.50. The summed E-state index contributed by atoms with van der Waals surface area (Å²) in [5.41, 5.74) is 3.73. The fraction of sp³-hybridized carbons (Fsp3) is 0.286. The first kappa shape index (κ1) is 17.3. The monoisotopic (exact) mass is 358 g/mol. The average molecular weight is 358 g/mol.